The van der Waals surface area contributed by atoms with Crippen LogP contribution in [0.2, 0.25) is 0 Å². The first kappa shape index (κ1) is 18.4. The highest BCUT2D eigenvalue weighted by atomic mass is 19.3. The van der Waals surface area contributed by atoms with Gasteiger partial charge in [-0.2, -0.15) is 5.10 Å². The molecule has 0 bridgehead atoms. The standard InChI is InChI=1S/C19H18F2N4O2/c1-12-3-7-14(8-4-12)27-15-9-5-13(6-10-15)22-23-19(26)16-11-25(2)24-17(16)18(20)21/h3-11,18,22H,1-2H3,(H,23,26). The molecule has 0 aliphatic carbocycles. The van der Waals surface area contributed by atoms with Gasteiger partial charge in [-0.3, -0.25) is 20.3 Å². The van der Waals surface area contributed by atoms with Crippen LogP contribution >= 0.6 is 0 Å². The zero-order valence-electron chi connectivity index (χ0n) is 14.7. The molecule has 0 unspecified atom stereocenters. The molecule has 3 aromatic rings. The van der Waals surface area contributed by atoms with Gasteiger partial charge < -0.3 is 4.74 Å². The monoisotopic (exact) mass is 372 g/mol. The summed E-state index contributed by atoms with van der Waals surface area (Å²) in [6.45, 7) is 1.99. The van der Waals surface area contributed by atoms with Crippen molar-refractivity contribution >= 4 is 11.6 Å². The fraction of sp³-hybridized carbons (Fsp3) is 0.158. The van der Waals surface area contributed by atoms with E-state index >= 15 is 0 Å². The summed E-state index contributed by atoms with van der Waals surface area (Å²) < 4.78 is 32.7. The van der Waals surface area contributed by atoms with Gasteiger partial charge in [-0.05, 0) is 43.3 Å². The van der Waals surface area contributed by atoms with Crippen molar-refractivity contribution < 1.29 is 18.3 Å². The molecule has 0 aliphatic rings. The van der Waals surface area contributed by atoms with Gasteiger partial charge in [0.2, 0.25) is 0 Å². The highest BCUT2D eigenvalue weighted by Crippen LogP contribution is 2.23. The number of ether oxygens (including phenoxy) is 1. The summed E-state index contributed by atoms with van der Waals surface area (Å²) in [5.74, 6) is 0.645. The minimum Gasteiger partial charge on any atom is -0.457 e. The van der Waals surface area contributed by atoms with Gasteiger partial charge in [0.25, 0.3) is 12.3 Å². The number of hydrazine groups is 1. The number of carbonyl (C=O) groups is 1. The van der Waals surface area contributed by atoms with Crippen molar-refractivity contribution in [1.82, 2.24) is 15.2 Å². The summed E-state index contributed by atoms with van der Waals surface area (Å²) >= 11 is 0. The fourth-order valence-electron chi connectivity index (χ4n) is 2.39. The van der Waals surface area contributed by atoms with Crippen LogP contribution in [0.3, 0.4) is 0 Å². The van der Waals surface area contributed by atoms with Gasteiger partial charge in [0.1, 0.15) is 17.2 Å². The molecule has 3 rings (SSSR count). The van der Waals surface area contributed by atoms with Gasteiger partial charge in [-0.15, -0.1) is 0 Å². The molecule has 0 aliphatic heterocycles. The number of aromatic nitrogens is 2. The highest BCUT2D eigenvalue weighted by Gasteiger charge is 2.22. The topological polar surface area (TPSA) is 68.2 Å². The molecular weight excluding hydrogens is 354 g/mol. The number of hydrogen-bond donors (Lipinski definition) is 2. The van der Waals surface area contributed by atoms with E-state index in [1.54, 1.807) is 24.3 Å². The Morgan fingerprint density at radius 2 is 1.67 bits per heavy atom. The maximum atomic E-state index is 12.9. The van der Waals surface area contributed by atoms with E-state index in [1.807, 2.05) is 31.2 Å². The number of nitrogens with one attached hydrogen (secondary N) is 2. The third-order valence-electron chi connectivity index (χ3n) is 3.74. The normalized spacial score (nSPS) is 10.7. The molecule has 0 atom stereocenters. The summed E-state index contributed by atoms with van der Waals surface area (Å²) in [5.41, 5.74) is 6.04. The Morgan fingerprint density at radius 1 is 1.07 bits per heavy atom. The van der Waals surface area contributed by atoms with Crippen LogP contribution in [0.4, 0.5) is 14.5 Å². The Morgan fingerprint density at radius 3 is 2.26 bits per heavy atom. The second-order valence-corrected chi connectivity index (χ2v) is 5.92. The molecule has 1 aromatic heterocycles. The number of benzene rings is 2. The van der Waals surface area contributed by atoms with Gasteiger partial charge in [0.15, 0.2) is 0 Å². The van der Waals surface area contributed by atoms with Crippen LogP contribution in [-0.2, 0) is 7.05 Å². The maximum Gasteiger partial charge on any atom is 0.282 e. The number of amides is 1. The molecular formula is C19H18F2N4O2. The Kier molecular flexibility index (Phi) is 5.35. The van der Waals surface area contributed by atoms with Gasteiger partial charge in [0.05, 0.1) is 11.3 Å². The third kappa shape index (κ3) is 4.60. The number of aryl methyl sites for hydroxylation is 2. The second kappa shape index (κ2) is 7.86. The number of alkyl halides is 2. The summed E-state index contributed by atoms with van der Waals surface area (Å²) in [4.78, 5) is 12.1. The zero-order valence-corrected chi connectivity index (χ0v) is 14.7. The van der Waals surface area contributed by atoms with Crippen LogP contribution < -0.4 is 15.6 Å². The number of anilines is 1. The van der Waals surface area contributed by atoms with E-state index in [4.69, 9.17) is 4.74 Å². The lowest BCUT2D eigenvalue weighted by Gasteiger charge is -2.10. The van der Waals surface area contributed by atoms with Crippen molar-refractivity contribution in [3.05, 3.63) is 71.5 Å². The van der Waals surface area contributed by atoms with Crippen LogP contribution in [-0.4, -0.2) is 15.7 Å². The Bertz CT molecular complexity index is 922. The molecule has 2 N–H and O–H groups in total. The molecule has 0 fully saturated rings. The number of rotatable bonds is 6. The van der Waals surface area contributed by atoms with Gasteiger partial charge in [0, 0.05) is 13.2 Å². The molecule has 0 saturated carbocycles. The van der Waals surface area contributed by atoms with Crippen molar-refractivity contribution in [3.63, 3.8) is 0 Å². The van der Waals surface area contributed by atoms with E-state index in [1.165, 1.54) is 17.9 Å². The van der Waals surface area contributed by atoms with Crippen LogP contribution in [0.15, 0.2) is 54.7 Å². The summed E-state index contributed by atoms with van der Waals surface area (Å²) in [6.07, 6.45) is -1.58. The predicted molar refractivity (Wildman–Crippen MR) is 96.9 cm³/mol. The second-order valence-electron chi connectivity index (χ2n) is 5.92. The highest BCUT2D eigenvalue weighted by molar-refractivity contribution is 5.95. The first-order valence-electron chi connectivity index (χ1n) is 8.15. The summed E-state index contributed by atoms with van der Waals surface area (Å²) in [5, 5.41) is 3.60. The maximum absolute atomic E-state index is 12.9. The summed E-state index contributed by atoms with van der Waals surface area (Å²) in [7, 11) is 1.48. The fourth-order valence-corrected chi connectivity index (χ4v) is 2.39. The quantitative estimate of drug-likeness (QED) is 0.636. The van der Waals surface area contributed by atoms with Crippen LogP contribution in [0.5, 0.6) is 11.5 Å². The molecule has 0 radical (unpaired) electrons. The number of hydrogen-bond acceptors (Lipinski definition) is 4. The lowest BCUT2D eigenvalue weighted by molar-refractivity contribution is 0.0948. The van der Waals surface area contributed by atoms with Crippen molar-refractivity contribution in [3.8, 4) is 11.5 Å². The van der Waals surface area contributed by atoms with E-state index in [0.717, 1.165) is 5.56 Å². The van der Waals surface area contributed by atoms with E-state index < -0.39 is 18.0 Å². The SMILES string of the molecule is Cc1ccc(Oc2ccc(NNC(=O)c3cn(C)nc3C(F)F)cc2)cc1. The number of nitrogens with zero attached hydrogens (tertiary/aromatic N) is 2. The van der Waals surface area contributed by atoms with Crippen LogP contribution in [0, 0.1) is 6.92 Å². The largest absolute Gasteiger partial charge is 0.457 e. The van der Waals surface area contributed by atoms with Crippen LogP contribution in [0.1, 0.15) is 28.0 Å². The smallest absolute Gasteiger partial charge is 0.282 e. The number of carbonyl (C=O) groups excluding carboxylic acids is 1. The molecule has 0 saturated heterocycles. The molecule has 6 nitrogen and oxygen atoms in total. The lowest BCUT2D eigenvalue weighted by Crippen LogP contribution is -2.29. The number of halogens is 2. The molecule has 2 aromatic carbocycles. The summed E-state index contributed by atoms with van der Waals surface area (Å²) in [6, 6.07) is 14.5. The Balaban J connectivity index is 1.60. The third-order valence-corrected chi connectivity index (χ3v) is 3.74. The molecule has 1 heterocycles. The van der Waals surface area contributed by atoms with E-state index in [-0.39, 0.29) is 5.56 Å². The van der Waals surface area contributed by atoms with E-state index in [0.29, 0.717) is 17.2 Å². The van der Waals surface area contributed by atoms with Crippen molar-refractivity contribution in [2.75, 3.05) is 5.43 Å². The van der Waals surface area contributed by atoms with Crippen LogP contribution in [0.25, 0.3) is 0 Å². The minimum atomic E-state index is -2.83. The first-order chi connectivity index (χ1) is 12.9. The van der Waals surface area contributed by atoms with Gasteiger partial charge >= 0.3 is 0 Å². The Hall–Kier alpha value is -3.42. The van der Waals surface area contributed by atoms with Crippen molar-refractivity contribution in [2.45, 2.75) is 13.3 Å². The van der Waals surface area contributed by atoms with E-state index in [9.17, 15) is 13.6 Å². The molecule has 8 heteroatoms. The minimum absolute atomic E-state index is 0.181. The molecule has 0 spiro atoms. The molecule has 1 amide bonds. The average molecular weight is 372 g/mol. The van der Waals surface area contributed by atoms with E-state index in [2.05, 4.69) is 16.0 Å². The lowest BCUT2D eigenvalue weighted by atomic mass is 10.2. The average Bonchev–Trinajstić information content (AvgIpc) is 3.05. The first-order valence-corrected chi connectivity index (χ1v) is 8.15. The van der Waals surface area contributed by atoms with Gasteiger partial charge in [-0.25, -0.2) is 8.78 Å². The van der Waals surface area contributed by atoms with Gasteiger partial charge in [-0.1, -0.05) is 17.7 Å². The Labute approximate surface area is 154 Å². The zero-order chi connectivity index (χ0) is 19.4. The molecule has 140 valence electrons. The predicted octanol–water partition coefficient (Wildman–Crippen LogP) is 4.22. The van der Waals surface area contributed by atoms with Crippen molar-refractivity contribution in [1.29, 1.82) is 0 Å². The van der Waals surface area contributed by atoms with Crippen molar-refractivity contribution in [2.24, 2.45) is 7.05 Å². The molecule has 27 heavy (non-hydrogen) atoms.